The van der Waals surface area contributed by atoms with Crippen molar-refractivity contribution in [2.75, 3.05) is 6.54 Å². The highest BCUT2D eigenvalue weighted by molar-refractivity contribution is 5.80. The van der Waals surface area contributed by atoms with Gasteiger partial charge in [-0.05, 0) is 20.8 Å². The number of carboxylic acid groups (broad SMARTS) is 1. The summed E-state index contributed by atoms with van der Waals surface area (Å²) in [7, 11) is 0. The van der Waals surface area contributed by atoms with E-state index in [1.807, 2.05) is 6.92 Å². The number of hydrogen-bond donors (Lipinski definition) is 2. The van der Waals surface area contributed by atoms with E-state index in [4.69, 9.17) is 5.11 Å². The number of carbonyl (C=O) groups is 2. The first kappa shape index (κ1) is 14.9. The SMILES string of the molecule is CCn1cnnc1CNC(=O)N(CC(=O)O)C(C)C. The van der Waals surface area contributed by atoms with Gasteiger partial charge in [-0.25, -0.2) is 4.79 Å². The molecule has 0 bridgehead atoms. The molecule has 106 valence electrons. The second-order valence-electron chi connectivity index (χ2n) is 4.31. The van der Waals surface area contributed by atoms with Gasteiger partial charge in [0, 0.05) is 12.6 Å². The van der Waals surface area contributed by atoms with E-state index in [9.17, 15) is 9.59 Å². The number of nitrogens with one attached hydrogen (secondary N) is 1. The van der Waals surface area contributed by atoms with Gasteiger partial charge in [0.25, 0.3) is 0 Å². The Morgan fingerprint density at radius 3 is 2.74 bits per heavy atom. The summed E-state index contributed by atoms with van der Waals surface area (Å²) in [5.41, 5.74) is 0. The average Bonchev–Trinajstić information content (AvgIpc) is 2.79. The second kappa shape index (κ2) is 6.72. The fraction of sp³-hybridized carbons (Fsp3) is 0.636. The van der Waals surface area contributed by atoms with E-state index in [-0.39, 0.29) is 19.1 Å². The van der Waals surface area contributed by atoms with E-state index in [1.165, 1.54) is 4.90 Å². The molecule has 2 amide bonds. The molecule has 2 N–H and O–H groups in total. The summed E-state index contributed by atoms with van der Waals surface area (Å²) in [4.78, 5) is 23.9. The Balaban J connectivity index is 2.60. The van der Waals surface area contributed by atoms with Crippen LogP contribution in [-0.4, -0.2) is 49.4 Å². The molecule has 1 aromatic rings. The maximum absolute atomic E-state index is 11.9. The van der Waals surface area contributed by atoms with Gasteiger partial charge in [-0.1, -0.05) is 0 Å². The maximum Gasteiger partial charge on any atom is 0.323 e. The predicted octanol–water partition coefficient (Wildman–Crippen LogP) is 0.303. The van der Waals surface area contributed by atoms with Crippen LogP contribution in [0.1, 0.15) is 26.6 Å². The summed E-state index contributed by atoms with van der Waals surface area (Å²) in [5.74, 6) is -0.407. The quantitative estimate of drug-likeness (QED) is 0.773. The second-order valence-corrected chi connectivity index (χ2v) is 4.31. The number of hydrogen-bond acceptors (Lipinski definition) is 4. The van der Waals surface area contributed by atoms with Crippen molar-refractivity contribution in [3.8, 4) is 0 Å². The van der Waals surface area contributed by atoms with Gasteiger partial charge >= 0.3 is 12.0 Å². The van der Waals surface area contributed by atoms with Crippen LogP contribution in [0.25, 0.3) is 0 Å². The molecule has 0 saturated carbocycles. The van der Waals surface area contributed by atoms with Crippen LogP contribution in [0.15, 0.2) is 6.33 Å². The Labute approximate surface area is 111 Å². The first-order valence-corrected chi connectivity index (χ1v) is 6.08. The number of carbonyl (C=O) groups excluding carboxylic acids is 1. The van der Waals surface area contributed by atoms with Crippen molar-refractivity contribution in [1.29, 1.82) is 0 Å². The molecule has 0 aromatic carbocycles. The van der Waals surface area contributed by atoms with Crippen LogP contribution in [-0.2, 0) is 17.9 Å². The predicted molar refractivity (Wildman–Crippen MR) is 67.4 cm³/mol. The van der Waals surface area contributed by atoms with Crippen molar-refractivity contribution >= 4 is 12.0 Å². The highest BCUT2D eigenvalue weighted by Gasteiger charge is 2.19. The van der Waals surface area contributed by atoms with E-state index < -0.39 is 12.0 Å². The van der Waals surface area contributed by atoms with Gasteiger partial charge in [0.1, 0.15) is 12.9 Å². The van der Waals surface area contributed by atoms with E-state index in [1.54, 1.807) is 24.7 Å². The van der Waals surface area contributed by atoms with Gasteiger partial charge in [0.2, 0.25) is 0 Å². The minimum absolute atomic E-state index is 0.194. The maximum atomic E-state index is 11.9. The van der Waals surface area contributed by atoms with Gasteiger partial charge in [0.15, 0.2) is 5.82 Å². The van der Waals surface area contributed by atoms with Crippen LogP contribution >= 0.6 is 0 Å². The zero-order chi connectivity index (χ0) is 14.4. The molecule has 1 heterocycles. The van der Waals surface area contributed by atoms with Crippen LogP contribution in [0.5, 0.6) is 0 Å². The number of aliphatic carboxylic acids is 1. The third-order valence-electron chi connectivity index (χ3n) is 2.62. The first-order chi connectivity index (χ1) is 8.95. The molecule has 0 aliphatic rings. The zero-order valence-electron chi connectivity index (χ0n) is 11.3. The zero-order valence-corrected chi connectivity index (χ0v) is 11.3. The molecule has 0 aliphatic carbocycles. The molecule has 8 heteroatoms. The summed E-state index contributed by atoms with van der Waals surface area (Å²) in [6, 6.07) is -0.622. The fourth-order valence-corrected chi connectivity index (χ4v) is 1.57. The number of aryl methyl sites for hydroxylation is 1. The van der Waals surface area contributed by atoms with Gasteiger partial charge in [-0.2, -0.15) is 0 Å². The number of urea groups is 1. The minimum atomic E-state index is -1.04. The molecule has 8 nitrogen and oxygen atoms in total. The van der Waals surface area contributed by atoms with Crippen molar-refractivity contribution in [2.24, 2.45) is 0 Å². The number of rotatable bonds is 6. The standard InChI is InChI=1S/C11H19N5O3/c1-4-15-7-13-14-9(15)5-12-11(19)16(8(2)3)6-10(17)18/h7-8H,4-6H2,1-3H3,(H,12,19)(H,17,18). The van der Waals surface area contributed by atoms with Crippen molar-refractivity contribution in [2.45, 2.75) is 39.9 Å². The Morgan fingerprint density at radius 1 is 1.53 bits per heavy atom. The molecule has 1 rings (SSSR count). The number of aromatic nitrogens is 3. The Kier molecular flexibility index (Phi) is 5.28. The summed E-state index contributed by atoms with van der Waals surface area (Å²) in [6.45, 7) is 6.06. The molecule has 0 aliphatic heterocycles. The summed E-state index contributed by atoms with van der Waals surface area (Å²) in [6.07, 6.45) is 1.58. The average molecular weight is 269 g/mol. The number of carboxylic acids is 1. The molecule has 0 unspecified atom stereocenters. The molecule has 1 aromatic heterocycles. The number of amides is 2. The first-order valence-electron chi connectivity index (χ1n) is 6.08. The van der Waals surface area contributed by atoms with Crippen LogP contribution in [0.4, 0.5) is 4.79 Å². The molecular formula is C11H19N5O3. The molecule has 0 radical (unpaired) electrons. The smallest absolute Gasteiger partial charge is 0.323 e. The highest BCUT2D eigenvalue weighted by atomic mass is 16.4. The van der Waals surface area contributed by atoms with Crippen LogP contribution in [0.2, 0.25) is 0 Å². The van der Waals surface area contributed by atoms with Gasteiger partial charge < -0.3 is 19.9 Å². The Morgan fingerprint density at radius 2 is 2.21 bits per heavy atom. The van der Waals surface area contributed by atoms with E-state index in [0.717, 1.165) is 0 Å². The van der Waals surface area contributed by atoms with Gasteiger partial charge in [-0.3, -0.25) is 4.79 Å². The lowest BCUT2D eigenvalue weighted by atomic mass is 10.3. The normalized spacial score (nSPS) is 10.5. The van der Waals surface area contributed by atoms with Crippen molar-refractivity contribution < 1.29 is 14.7 Å². The summed E-state index contributed by atoms with van der Waals surface area (Å²) >= 11 is 0. The monoisotopic (exact) mass is 269 g/mol. The summed E-state index contributed by atoms with van der Waals surface area (Å²) in [5, 5.41) is 19.1. The largest absolute Gasteiger partial charge is 0.480 e. The Hall–Kier alpha value is -2.12. The lowest BCUT2D eigenvalue weighted by Gasteiger charge is -2.24. The van der Waals surface area contributed by atoms with Crippen molar-refractivity contribution in [3.63, 3.8) is 0 Å². The summed E-state index contributed by atoms with van der Waals surface area (Å²) < 4.78 is 1.80. The molecular weight excluding hydrogens is 250 g/mol. The van der Waals surface area contributed by atoms with E-state index in [0.29, 0.717) is 12.4 Å². The molecule has 0 atom stereocenters. The minimum Gasteiger partial charge on any atom is -0.480 e. The van der Waals surface area contributed by atoms with Gasteiger partial charge in [-0.15, -0.1) is 10.2 Å². The lowest BCUT2D eigenvalue weighted by molar-refractivity contribution is -0.138. The highest BCUT2D eigenvalue weighted by Crippen LogP contribution is 2.00. The molecule has 0 saturated heterocycles. The van der Waals surface area contributed by atoms with E-state index >= 15 is 0 Å². The van der Waals surface area contributed by atoms with Crippen molar-refractivity contribution in [1.82, 2.24) is 25.0 Å². The third-order valence-corrected chi connectivity index (χ3v) is 2.62. The van der Waals surface area contributed by atoms with Crippen molar-refractivity contribution in [3.05, 3.63) is 12.2 Å². The lowest BCUT2D eigenvalue weighted by Crippen LogP contribution is -2.46. The molecule has 19 heavy (non-hydrogen) atoms. The van der Waals surface area contributed by atoms with Crippen LogP contribution in [0.3, 0.4) is 0 Å². The third kappa shape index (κ3) is 4.23. The molecule has 0 spiro atoms. The molecule has 0 fully saturated rings. The van der Waals surface area contributed by atoms with Crippen LogP contribution < -0.4 is 5.32 Å². The Bertz CT molecular complexity index is 443. The fourth-order valence-electron chi connectivity index (χ4n) is 1.57. The topological polar surface area (TPSA) is 100 Å². The number of nitrogens with zero attached hydrogens (tertiary/aromatic N) is 4. The van der Waals surface area contributed by atoms with Gasteiger partial charge in [0.05, 0.1) is 6.54 Å². The van der Waals surface area contributed by atoms with Crippen LogP contribution in [0, 0.1) is 0 Å². The van der Waals surface area contributed by atoms with E-state index in [2.05, 4.69) is 15.5 Å².